The van der Waals surface area contributed by atoms with Gasteiger partial charge in [0, 0.05) is 39.2 Å². The van der Waals surface area contributed by atoms with Gasteiger partial charge in [0.15, 0.2) is 11.5 Å². The summed E-state index contributed by atoms with van der Waals surface area (Å²) in [6, 6.07) is 5.75. The molecule has 0 bridgehead atoms. The van der Waals surface area contributed by atoms with Crippen LogP contribution in [0.2, 0.25) is 0 Å². The largest absolute Gasteiger partial charge is 0.493 e. The molecule has 0 spiro atoms. The van der Waals surface area contributed by atoms with Gasteiger partial charge in [0.25, 0.3) is 0 Å². The number of nitrogens with zero attached hydrogens (tertiary/aromatic N) is 1. The highest BCUT2D eigenvalue weighted by atomic mass is 16.5. The van der Waals surface area contributed by atoms with E-state index in [9.17, 15) is 4.79 Å². The molecule has 0 atom stereocenters. The van der Waals surface area contributed by atoms with Crippen LogP contribution >= 0.6 is 0 Å². The van der Waals surface area contributed by atoms with Crippen molar-refractivity contribution in [1.82, 2.24) is 10.2 Å². The standard InChI is InChI=1S/C14H22N2O3/c1-16(2)13(17)8-9-15-10-11-6-5-7-12(18-3)14(11)19-4/h5-7,15H,8-10H2,1-4H3. The van der Waals surface area contributed by atoms with Gasteiger partial charge in [0.1, 0.15) is 0 Å². The van der Waals surface area contributed by atoms with Crippen molar-refractivity contribution < 1.29 is 14.3 Å². The molecule has 0 aromatic heterocycles. The molecule has 1 N–H and O–H groups in total. The molecule has 0 radical (unpaired) electrons. The Labute approximate surface area is 114 Å². The zero-order valence-corrected chi connectivity index (χ0v) is 12.0. The Hall–Kier alpha value is -1.75. The maximum absolute atomic E-state index is 11.4. The van der Waals surface area contributed by atoms with E-state index in [-0.39, 0.29) is 5.91 Å². The van der Waals surface area contributed by atoms with Gasteiger partial charge < -0.3 is 19.7 Å². The van der Waals surface area contributed by atoms with Crippen LogP contribution < -0.4 is 14.8 Å². The third-order valence-corrected chi connectivity index (χ3v) is 2.81. The van der Waals surface area contributed by atoms with Crippen molar-refractivity contribution in [2.45, 2.75) is 13.0 Å². The molecule has 1 aromatic rings. The number of hydrogen-bond acceptors (Lipinski definition) is 4. The number of carbonyl (C=O) groups excluding carboxylic acids is 1. The van der Waals surface area contributed by atoms with Gasteiger partial charge in [0.2, 0.25) is 5.91 Å². The van der Waals surface area contributed by atoms with Crippen molar-refractivity contribution in [2.24, 2.45) is 0 Å². The van der Waals surface area contributed by atoms with Crippen LogP contribution in [0.3, 0.4) is 0 Å². The smallest absolute Gasteiger partial charge is 0.223 e. The lowest BCUT2D eigenvalue weighted by Gasteiger charge is -2.14. The number of ether oxygens (including phenoxy) is 2. The number of hydrogen-bond donors (Lipinski definition) is 1. The van der Waals surface area contributed by atoms with Gasteiger partial charge in [0.05, 0.1) is 14.2 Å². The molecule has 0 aliphatic heterocycles. The maximum atomic E-state index is 11.4. The molecule has 1 amide bonds. The minimum atomic E-state index is 0.116. The summed E-state index contributed by atoms with van der Waals surface area (Å²) in [5.41, 5.74) is 1.01. The second-order valence-corrected chi connectivity index (χ2v) is 4.37. The zero-order chi connectivity index (χ0) is 14.3. The number of para-hydroxylation sites is 1. The molecule has 106 valence electrons. The number of rotatable bonds is 7. The molecule has 0 aliphatic carbocycles. The quantitative estimate of drug-likeness (QED) is 0.755. The number of amides is 1. The van der Waals surface area contributed by atoms with Crippen molar-refractivity contribution >= 4 is 5.91 Å². The van der Waals surface area contributed by atoms with Crippen LogP contribution in [-0.2, 0) is 11.3 Å². The predicted octanol–water partition coefficient (Wildman–Crippen LogP) is 1.27. The minimum absolute atomic E-state index is 0.116. The van der Waals surface area contributed by atoms with E-state index in [1.54, 1.807) is 33.2 Å². The van der Waals surface area contributed by atoms with Gasteiger partial charge >= 0.3 is 0 Å². The van der Waals surface area contributed by atoms with E-state index in [2.05, 4.69) is 5.32 Å². The van der Waals surface area contributed by atoms with E-state index in [4.69, 9.17) is 9.47 Å². The number of benzene rings is 1. The summed E-state index contributed by atoms with van der Waals surface area (Å²) < 4.78 is 10.6. The molecule has 0 saturated heterocycles. The Morgan fingerprint density at radius 3 is 2.58 bits per heavy atom. The highest BCUT2D eigenvalue weighted by Crippen LogP contribution is 2.30. The first-order valence-electron chi connectivity index (χ1n) is 6.21. The van der Waals surface area contributed by atoms with E-state index in [1.165, 1.54) is 0 Å². The normalized spacial score (nSPS) is 10.1. The summed E-state index contributed by atoms with van der Waals surface area (Å²) in [5.74, 6) is 1.56. The Kier molecular flexibility index (Phi) is 6.15. The van der Waals surface area contributed by atoms with E-state index in [0.29, 0.717) is 25.3 Å². The Morgan fingerprint density at radius 2 is 2.00 bits per heavy atom. The highest BCUT2D eigenvalue weighted by Gasteiger charge is 2.09. The lowest BCUT2D eigenvalue weighted by molar-refractivity contribution is -0.128. The Balaban J connectivity index is 2.51. The fourth-order valence-corrected chi connectivity index (χ4v) is 1.73. The van der Waals surface area contributed by atoms with Crippen molar-refractivity contribution in [3.05, 3.63) is 23.8 Å². The monoisotopic (exact) mass is 266 g/mol. The second kappa shape index (κ2) is 7.63. The molecule has 1 aromatic carbocycles. The summed E-state index contributed by atoms with van der Waals surface area (Å²) >= 11 is 0. The first-order chi connectivity index (χ1) is 9.10. The molecule has 19 heavy (non-hydrogen) atoms. The molecule has 5 heteroatoms. The van der Waals surface area contributed by atoms with Crippen LogP contribution in [0.15, 0.2) is 18.2 Å². The summed E-state index contributed by atoms with van der Waals surface area (Å²) in [5, 5.41) is 3.23. The van der Waals surface area contributed by atoms with Crippen molar-refractivity contribution in [3.63, 3.8) is 0 Å². The molecule has 0 aliphatic rings. The summed E-state index contributed by atoms with van der Waals surface area (Å²) in [6.07, 6.45) is 0.485. The SMILES string of the molecule is COc1cccc(CNCCC(=O)N(C)C)c1OC. The average Bonchev–Trinajstić information content (AvgIpc) is 2.42. The third-order valence-electron chi connectivity index (χ3n) is 2.81. The number of carbonyl (C=O) groups is 1. The Bertz CT molecular complexity index is 419. The summed E-state index contributed by atoms with van der Waals surface area (Å²) in [7, 11) is 6.75. The summed E-state index contributed by atoms with van der Waals surface area (Å²) in [6.45, 7) is 1.28. The van der Waals surface area contributed by atoms with Crippen LogP contribution in [0.5, 0.6) is 11.5 Å². The summed E-state index contributed by atoms with van der Waals surface area (Å²) in [4.78, 5) is 13.0. The first kappa shape index (κ1) is 15.3. The average molecular weight is 266 g/mol. The van der Waals surface area contributed by atoms with Crippen LogP contribution in [0.1, 0.15) is 12.0 Å². The molecule has 0 heterocycles. The lowest BCUT2D eigenvalue weighted by atomic mass is 10.2. The molecule has 0 fully saturated rings. The predicted molar refractivity (Wildman–Crippen MR) is 74.6 cm³/mol. The van der Waals surface area contributed by atoms with Gasteiger partial charge in [-0.1, -0.05) is 12.1 Å². The highest BCUT2D eigenvalue weighted by molar-refractivity contribution is 5.75. The molecule has 0 saturated carbocycles. The van der Waals surface area contributed by atoms with E-state index in [0.717, 1.165) is 11.3 Å². The molecule has 5 nitrogen and oxygen atoms in total. The number of methoxy groups -OCH3 is 2. The second-order valence-electron chi connectivity index (χ2n) is 4.37. The fourth-order valence-electron chi connectivity index (χ4n) is 1.73. The fraction of sp³-hybridized carbons (Fsp3) is 0.500. The van der Waals surface area contributed by atoms with Crippen LogP contribution in [0, 0.1) is 0 Å². The molecular formula is C14H22N2O3. The maximum Gasteiger partial charge on any atom is 0.223 e. The van der Waals surface area contributed by atoms with E-state index < -0.39 is 0 Å². The topological polar surface area (TPSA) is 50.8 Å². The molecular weight excluding hydrogens is 244 g/mol. The minimum Gasteiger partial charge on any atom is -0.493 e. The van der Waals surface area contributed by atoms with Crippen LogP contribution in [0.25, 0.3) is 0 Å². The van der Waals surface area contributed by atoms with Gasteiger partial charge in [-0.15, -0.1) is 0 Å². The molecule has 0 unspecified atom stereocenters. The van der Waals surface area contributed by atoms with Crippen LogP contribution in [0.4, 0.5) is 0 Å². The van der Waals surface area contributed by atoms with Gasteiger partial charge in [-0.3, -0.25) is 4.79 Å². The zero-order valence-electron chi connectivity index (χ0n) is 12.0. The Morgan fingerprint density at radius 1 is 1.26 bits per heavy atom. The van der Waals surface area contributed by atoms with Crippen molar-refractivity contribution in [3.8, 4) is 11.5 Å². The molecule has 1 rings (SSSR count). The first-order valence-corrected chi connectivity index (χ1v) is 6.21. The third kappa shape index (κ3) is 4.44. The lowest BCUT2D eigenvalue weighted by Crippen LogP contribution is -2.26. The van der Waals surface area contributed by atoms with Gasteiger partial charge in [-0.25, -0.2) is 0 Å². The van der Waals surface area contributed by atoms with Crippen molar-refractivity contribution in [1.29, 1.82) is 0 Å². The number of nitrogens with one attached hydrogen (secondary N) is 1. The van der Waals surface area contributed by atoms with E-state index >= 15 is 0 Å². The van der Waals surface area contributed by atoms with E-state index in [1.807, 2.05) is 18.2 Å². The van der Waals surface area contributed by atoms with Crippen LogP contribution in [-0.4, -0.2) is 45.7 Å². The van der Waals surface area contributed by atoms with Crippen molar-refractivity contribution in [2.75, 3.05) is 34.9 Å². The van der Waals surface area contributed by atoms with Gasteiger partial charge in [-0.2, -0.15) is 0 Å². The van der Waals surface area contributed by atoms with Gasteiger partial charge in [-0.05, 0) is 6.07 Å².